The van der Waals surface area contributed by atoms with Gasteiger partial charge in [-0.3, -0.25) is 4.79 Å². The number of allylic oxidation sites excluding steroid dienone is 2. The third-order valence-electron chi connectivity index (χ3n) is 4.20. The maximum Gasteiger partial charge on any atom is 0.223 e. The summed E-state index contributed by atoms with van der Waals surface area (Å²) >= 11 is 0. The van der Waals surface area contributed by atoms with Crippen LogP contribution in [0, 0.1) is 11.8 Å². The van der Waals surface area contributed by atoms with Gasteiger partial charge in [-0.05, 0) is 38.0 Å². The molecule has 1 unspecified atom stereocenters. The second-order valence-electron chi connectivity index (χ2n) is 5.57. The van der Waals surface area contributed by atoms with E-state index >= 15 is 0 Å². The molecule has 0 saturated heterocycles. The molecule has 17 heavy (non-hydrogen) atoms. The Hall–Kier alpha value is -0.790. The highest BCUT2D eigenvalue weighted by molar-refractivity contribution is 5.78. The molecular weight excluding hydrogens is 210 g/mol. The highest BCUT2D eigenvalue weighted by Crippen LogP contribution is 2.28. The molecule has 96 valence electrons. The summed E-state index contributed by atoms with van der Waals surface area (Å²) in [5.41, 5.74) is 0. The molecule has 0 aliphatic heterocycles. The maximum atomic E-state index is 11.8. The van der Waals surface area contributed by atoms with Crippen LogP contribution in [-0.4, -0.2) is 12.5 Å². The van der Waals surface area contributed by atoms with Crippen LogP contribution in [0.3, 0.4) is 0 Å². The highest BCUT2D eigenvalue weighted by atomic mass is 16.1. The topological polar surface area (TPSA) is 29.1 Å². The van der Waals surface area contributed by atoms with Gasteiger partial charge in [0.1, 0.15) is 0 Å². The predicted octanol–water partition coefficient (Wildman–Crippen LogP) is 3.43. The number of hydrogen-bond acceptors (Lipinski definition) is 1. The molecule has 0 heterocycles. The first-order valence-corrected chi connectivity index (χ1v) is 7.29. The van der Waals surface area contributed by atoms with Gasteiger partial charge < -0.3 is 5.32 Å². The molecule has 2 rings (SSSR count). The number of rotatable bonds is 5. The van der Waals surface area contributed by atoms with Gasteiger partial charge in [0.05, 0.1) is 0 Å². The molecule has 0 radical (unpaired) electrons. The lowest BCUT2D eigenvalue weighted by Gasteiger charge is -2.17. The number of carbonyl (C=O) groups is 1. The van der Waals surface area contributed by atoms with E-state index in [0.29, 0.717) is 0 Å². The summed E-state index contributed by atoms with van der Waals surface area (Å²) in [6.07, 6.45) is 15.5. The summed E-state index contributed by atoms with van der Waals surface area (Å²) in [6.45, 7) is 0.884. The van der Waals surface area contributed by atoms with E-state index in [-0.39, 0.29) is 11.8 Å². The van der Waals surface area contributed by atoms with Crippen molar-refractivity contribution in [3.05, 3.63) is 12.2 Å². The third-order valence-corrected chi connectivity index (χ3v) is 4.20. The minimum atomic E-state index is 0.242. The summed E-state index contributed by atoms with van der Waals surface area (Å²) < 4.78 is 0. The van der Waals surface area contributed by atoms with E-state index in [2.05, 4.69) is 17.5 Å². The van der Waals surface area contributed by atoms with Gasteiger partial charge in [-0.25, -0.2) is 0 Å². The molecule has 0 aromatic carbocycles. The van der Waals surface area contributed by atoms with Gasteiger partial charge in [0.2, 0.25) is 5.91 Å². The van der Waals surface area contributed by atoms with Crippen LogP contribution in [0.5, 0.6) is 0 Å². The first-order valence-electron chi connectivity index (χ1n) is 7.29. The molecule has 2 heteroatoms. The minimum Gasteiger partial charge on any atom is -0.356 e. The molecule has 0 aromatic heterocycles. The van der Waals surface area contributed by atoms with Crippen molar-refractivity contribution >= 4 is 5.91 Å². The van der Waals surface area contributed by atoms with Gasteiger partial charge in [-0.2, -0.15) is 0 Å². The molecule has 0 bridgehead atoms. The molecular formula is C15H25NO. The summed E-state index contributed by atoms with van der Waals surface area (Å²) in [4.78, 5) is 11.8. The van der Waals surface area contributed by atoms with Crippen molar-refractivity contribution in [1.29, 1.82) is 0 Å². The Labute approximate surface area is 105 Å². The van der Waals surface area contributed by atoms with Gasteiger partial charge in [0.15, 0.2) is 0 Å². The molecule has 1 fully saturated rings. The van der Waals surface area contributed by atoms with E-state index in [0.717, 1.165) is 31.7 Å². The number of carbonyl (C=O) groups excluding carboxylic acids is 1. The Balaban J connectivity index is 1.54. The fraction of sp³-hybridized carbons (Fsp3) is 0.800. The lowest BCUT2D eigenvalue weighted by molar-refractivity contribution is -0.125. The number of hydrogen-bond donors (Lipinski definition) is 1. The standard InChI is InChI=1S/C15H25NO/c17-15(14-10-2-1-3-11-14)16-12-6-9-13-7-4-5-8-13/h1-2,13-14H,3-12H2,(H,16,17). The van der Waals surface area contributed by atoms with Crippen molar-refractivity contribution < 1.29 is 4.79 Å². The summed E-state index contributed by atoms with van der Waals surface area (Å²) in [5, 5.41) is 3.10. The average molecular weight is 235 g/mol. The average Bonchev–Trinajstić information content (AvgIpc) is 2.88. The SMILES string of the molecule is O=C(NCCCC1CCCC1)C1CC=CCC1. The Morgan fingerprint density at radius 2 is 2.00 bits per heavy atom. The van der Waals surface area contributed by atoms with E-state index in [1.165, 1.54) is 38.5 Å². The van der Waals surface area contributed by atoms with Gasteiger partial charge in [0, 0.05) is 12.5 Å². The second-order valence-corrected chi connectivity index (χ2v) is 5.57. The zero-order chi connectivity index (χ0) is 11.9. The van der Waals surface area contributed by atoms with E-state index in [9.17, 15) is 4.79 Å². The van der Waals surface area contributed by atoms with Crippen LogP contribution < -0.4 is 5.32 Å². The lowest BCUT2D eigenvalue weighted by atomic mass is 9.93. The summed E-state index contributed by atoms with van der Waals surface area (Å²) in [6, 6.07) is 0. The van der Waals surface area contributed by atoms with E-state index in [1.54, 1.807) is 0 Å². The highest BCUT2D eigenvalue weighted by Gasteiger charge is 2.18. The largest absolute Gasteiger partial charge is 0.356 e. The van der Waals surface area contributed by atoms with E-state index in [1.807, 2.05) is 0 Å². The van der Waals surface area contributed by atoms with Gasteiger partial charge >= 0.3 is 0 Å². The van der Waals surface area contributed by atoms with E-state index in [4.69, 9.17) is 0 Å². The number of nitrogens with one attached hydrogen (secondary N) is 1. The molecule has 0 aromatic rings. The fourth-order valence-corrected chi connectivity index (χ4v) is 3.08. The zero-order valence-electron chi connectivity index (χ0n) is 10.8. The maximum absolute atomic E-state index is 11.8. The molecule has 1 saturated carbocycles. The van der Waals surface area contributed by atoms with Gasteiger partial charge in [-0.15, -0.1) is 0 Å². The van der Waals surface area contributed by atoms with Crippen molar-refractivity contribution in [2.75, 3.05) is 6.54 Å². The normalized spacial score (nSPS) is 25.1. The monoisotopic (exact) mass is 235 g/mol. The van der Waals surface area contributed by atoms with Crippen LogP contribution in [0.1, 0.15) is 57.8 Å². The van der Waals surface area contributed by atoms with Crippen molar-refractivity contribution in [2.45, 2.75) is 57.8 Å². The first kappa shape index (κ1) is 12.7. The lowest BCUT2D eigenvalue weighted by Crippen LogP contribution is -2.32. The minimum absolute atomic E-state index is 0.242. The van der Waals surface area contributed by atoms with Crippen LogP contribution in [0.15, 0.2) is 12.2 Å². The smallest absolute Gasteiger partial charge is 0.223 e. The van der Waals surface area contributed by atoms with Crippen molar-refractivity contribution in [1.82, 2.24) is 5.32 Å². The number of amides is 1. The molecule has 1 N–H and O–H groups in total. The van der Waals surface area contributed by atoms with Crippen LogP contribution >= 0.6 is 0 Å². The molecule has 1 atom stereocenters. The van der Waals surface area contributed by atoms with Crippen LogP contribution in [0.2, 0.25) is 0 Å². The Kier molecular flexibility index (Phi) is 5.08. The Bertz CT molecular complexity index is 266. The molecule has 0 spiro atoms. The predicted molar refractivity (Wildman–Crippen MR) is 70.7 cm³/mol. The fourth-order valence-electron chi connectivity index (χ4n) is 3.08. The summed E-state index contributed by atoms with van der Waals surface area (Å²) in [7, 11) is 0. The zero-order valence-corrected chi connectivity index (χ0v) is 10.8. The van der Waals surface area contributed by atoms with Crippen LogP contribution in [-0.2, 0) is 4.79 Å². The Morgan fingerprint density at radius 1 is 1.18 bits per heavy atom. The second kappa shape index (κ2) is 6.83. The van der Waals surface area contributed by atoms with E-state index < -0.39 is 0 Å². The first-order chi connectivity index (χ1) is 8.36. The van der Waals surface area contributed by atoms with Crippen molar-refractivity contribution in [3.8, 4) is 0 Å². The third kappa shape index (κ3) is 4.18. The molecule has 2 aliphatic rings. The Morgan fingerprint density at radius 3 is 2.71 bits per heavy atom. The van der Waals surface area contributed by atoms with Gasteiger partial charge in [-0.1, -0.05) is 37.8 Å². The quantitative estimate of drug-likeness (QED) is 0.574. The van der Waals surface area contributed by atoms with Crippen LogP contribution in [0.25, 0.3) is 0 Å². The van der Waals surface area contributed by atoms with Crippen molar-refractivity contribution in [3.63, 3.8) is 0 Å². The van der Waals surface area contributed by atoms with Crippen LogP contribution in [0.4, 0.5) is 0 Å². The molecule has 1 amide bonds. The molecule has 2 nitrogen and oxygen atoms in total. The van der Waals surface area contributed by atoms with Gasteiger partial charge in [0.25, 0.3) is 0 Å². The van der Waals surface area contributed by atoms with Crippen molar-refractivity contribution in [2.24, 2.45) is 11.8 Å². The molecule has 2 aliphatic carbocycles. The summed E-state index contributed by atoms with van der Waals surface area (Å²) in [5.74, 6) is 1.47.